The standard InChI is InChI=1S/C13H14O5/c1-2-7-16-10-5-3-9(4-6-10)13-17-11(14)8-12(15)18-13/h3-6,13H,2,7-8H2,1H3. The molecule has 1 heterocycles. The van der Waals surface area contributed by atoms with Crippen LogP contribution in [-0.4, -0.2) is 18.5 Å². The van der Waals surface area contributed by atoms with E-state index >= 15 is 0 Å². The Balaban J connectivity index is 2.04. The molecule has 1 saturated heterocycles. The average molecular weight is 250 g/mol. The van der Waals surface area contributed by atoms with Gasteiger partial charge in [-0.3, -0.25) is 9.59 Å². The smallest absolute Gasteiger partial charge is 0.320 e. The van der Waals surface area contributed by atoms with Crippen molar-refractivity contribution in [3.05, 3.63) is 29.8 Å². The summed E-state index contributed by atoms with van der Waals surface area (Å²) in [5, 5.41) is 0. The third-order valence-electron chi connectivity index (χ3n) is 2.39. The molecule has 0 atom stereocenters. The first-order valence-corrected chi connectivity index (χ1v) is 5.80. The lowest BCUT2D eigenvalue weighted by Gasteiger charge is -2.22. The number of hydrogen-bond acceptors (Lipinski definition) is 5. The predicted molar refractivity (Wildman–Crippen MR) is 61.8 cm³/mol. The molecule has 1 aromatic rings. The highest BCUT2D eigenvalue weighted by molar-refractivity contribution is 5.92. The summed E-state index contributed by atoms with van der Waals surface area (Å²) in [6.07, 6.45) is -0.340. The second-order valence-electron chi connectivity index (χ2n) is 3.91. The van der Waals surface area contributed by atoms with Gasteiger partial charge in [0.2, 0.25) is 0 Å². The lowest BCUT2D eigenvalue weighted by molar-refractivity contribution is -0.204. The SMILES string of the molecule is CCCOc1ccc(C2OC(=O)CC(=O)O2)cc1. The Bertz CT molecular complexity index is 421. The van der Waals surface area contributed by atoms with Crippen LogP contribution < -0.4 is 4.74 Å². The molecule has 18 heavy (non-hydrogen) atoms. The third-order valence-corrected chi connectivity index (χ3v) is 2.39. The predicted octanol–water partition coefficient (Wildman–Crippen LogP) is 1.96. The molecule has 0 amide bonds. The van der Waals surface area contributed by atoms with Crippen molar-refractivity contribution in [3.63, 3.8) is 0 Å². The summed E-state index contributed by atoms with van der Waals surface area (Å²) in [4.78, 5) is 22.2. The molecule has 1 aliphatic heterocycles. The van der Waals surface area contributed by atoms with Crippen molar-refractivity contribution in [1.29, 1.82) is 0 Å². The molecule has 0 spiro atoms. The lowest BCUT2D eigenvalue weighted by Crippen LogP contribution is -2.26. The van der Waals surface area contributed by atoms with Gasteiger partial charge in [-0.2, -0.15) is 0 Å². The Morgan fingerprint density at radius 3 is 2.33 bits per heavy atom. The second-order valence-corrected chi connectivity index (χ2v) is 3.91. The van der Waals surface area contributed by atoms with Crippen molar-refractivity contribution in [2.45, 2.75) is 26.1 Å². The van der Waals surface area contributed by atoms with E-state index < -0.39 is 18.2 Å². The summed E-state index contributed by atoms with van der Waals surface area (Å²) in [6.45, 7) is 2.67. The largest absolute Gasteiger partial charge is 0.494 e. The summed E-state index contributed by atoms with van der Waals surface area (Å²) >= 11 is 0. The highest BCUT2D eigenvalue weighted by Crippen LogP contribution is 2.25. The van der Waals surface area contributed by atoms with Gasteiger partial charge in [-0.05, 0) is 30.7 Å². The van der Waals surface area contributed by atoms with Gasteiger partial charge in [0.1, 0.15) is 12.2 Å². The molecule has 0 unspecified atom stereocenters. The normalized spacial score (nSPS) is 16.1. The fraction of sp³-hybridized carbons (Fsp3) is 0.385. The maximum Gasteiger partial charge on any atom is 0.320 e. The number of carbonyl (C=O) groups is 2. The van der Waals surface area contributed by atoms with Crippen LogP contribution in [0.15, 0.2) is 24.3 Å². The Kier molecular flexibility index (Phi) is 3.82. The van der Waals surface area contributed by atoms with E-state index in [1.54, 1.807) is 24.3 Å². The summed E-state index contributed by atoms with van der Waals surface area (Å²) < 4.78 is 15.3. The third kappa shape index (κ3) is 3.00. The monoisotopic (exact) mass is 250 g/mol. The van der Waals surface area contributed by atoms with Crippen LogP contribution in [0.3, 0.4) is 0 Å². The topological polar surface area (TPSA) is 61.8 Å². The Morgan fingerprint density at radius 1 is 1.17 bits per heavy atom. The number of rotatable bonds is 4. The van der Waals surface area contributed by atoms with E-state index in [-0.39, 0.29) is 6.42 Å². The number of cyclic esters (lactones) is 2. The minimum absolute atomic E-state index is 0.325. The maximum absolute atomic E-state index is 11.1. The van der Waals surface area contributed by atoms with Crippen LogP contribution in [0.2, 0.25) is 0 Å². The minimum Gasteiger partial charge on any atom is -0.494 e. The van der Waals surface area contributed by atoms with Crippen molar-refractivity contribution in [2.75, 3.05) is 6.61 Å². The highest BCUT2D eigenvalue weighted by Gasteiger charge is 2.28. The van der Waals surface area contributed by atoms with Gasteiger partial charge in [0, 0.05) is 5.56 Å². The van der Waals surface area contributed by atoms with Crippen LogP contribution in [-0.2, 0) is 19.1 Å². The molecular formula is C13H14O5. The Morgan fingerprint density at radius 2 is 1.78 bits per heavy atom. The zero-order valence-corrected chi connectivity index (χ0v) is 10.0. The average Bonchev–Trinajstić information content (AvgIpc) is 2.36. The molecule has 5 nitrogen and oxygen atoms in total. The zero-order chi connectivity index (χ0) is 13.0. The van der Waals surface area contributed by atoms with E-state index in [0.29, 0.717) is 12.2 Å². The van der Waals surface area contributed by atoms with Crippen molar-refractivity contribution in [3.8, 4) is 5.75 Å². The van der Waals surface area contributed by atoms with Crippen molar-refractivity contribution in [2.24, 2.45) is 0 Å². The first-order valence-electron chi connectivity index (χ1n) is 5.80. The molecule has 96 valence electrons. The highest BCUT2D eigenvalue weighted by atomic mass is 16.7. The van der Waals surface area contributed by atoms with Crippen molar-refractivity contribution in [1.82, 2.24) is 0 Å². The van der Waals surface area contributed by atoms with E-state index in [2.05, 4.69) is 0 Å². The van der Waals surface area contributed by atoms with Gasteiger partial charge >= 0.3 is 11.9 Å². The molecular weight excluding hydrogens is 236 g/mol. The molecule has 0 radical (unpaired) electrons. The molecule has 0 aliphatic carbocycles. The van der Waals surface area contributed by atoms with E-state index in [1.807, 2.05) is 6.92 Å². The number of ether oxygens (including phenoxy) is 3. The molecule has 2 rings (SSSR count). The van der Waals surface area contributed by atoms with Gasteiger partial charge in [0.25, 0.3) is 6.29 Å². The Hall–Kier alpha value is -2.04. The number of hydrogen-bond donors (Lipinski definition) is 0. The molecule has 0 saturated carbocycles. The quantitative estimate of drug-likeness (QED) is 0.604. The van der Waals surface area contributed by atoms with E-state index in [0.717, 1.165) is 12.2 Å². The minimum atomic E-state index is -0.945. The van der Waals surface area contributed by atoms with Crippen molar-refractivity contribution < 1.29 is 23.8 Å². The number of benzene rings is 1. The maximum atomic E-state index is 11.1. The van der Waals surface area contributed by atoms with Gasteiger partial charge in [0.15, 0.2) is 0 Å². The van der Waals surface area contributed by atoms with Crippen molar-refractivity contribution >= 4 is 11.9 Å². The molecule has 1 aromatic carbocycles. The molecule has 0 aromatic heterocycles. The van der Waals surface area contributed by atoms with Crippen LogP contribution >= 0.6 is 0 Å². The first-order chi connectivity index (χ1) is 8.69. The van der Waals surface area contributed by atoms with Gasteiger partial charge in [-0.1, -0.05) is 6.92 Å². The van der Waals surface area contributed by atoms with Gasteiger partial charge in [-0.25, -0.2) is 0 Å². The van der Waals surface area contributed by atoms with Gasteiger partial charge in [-0.15, -0.1) is 0 Å². The van der Waals surface area contributed by atoms with E-state index in [9.17, 15) is 9.59 Å². The molecule has 1 fully saturated rings. The van der Waals surface area contributed by atoms with Crippen LogP contribution in [0.4, 0.5) is 0 Å². The van der Waals surface area contributed by atoms with Gasteiger partial charge < -0.3 is 14.2 Å². The second kappa shape index (κ2) is 5.53. The number of carbonyl (C=O) groups excluding carboxylic acids is 2. The molecule has 0 bridgehead atoms. The van der Waals surface area contributed by atoms with Crippen LogP contribution in [0.25, 0.3) is 0 Å². The summed E-state index contributed by atoms with van der Waals surface area (Å²) in [7, 11) is 0. The fourth-order valence-electron chi connectivity index (χ4n) is 1.54. The number of esters is 2. The van der Waals surface area contributed by atoms with Crippen LogP contribution in [0.1, 0.15) is 31.6 Å². The van der Waals surface area contributed by atoms with Crippen LogP contribution in [0.5, 0.6) is 5.75 Å². The van der Waals surface area contributed by atoms with Gasteiger partial charge in [0.05, 0.1) is 6.61 Å². The van der Waals surface area contributed by atoms with E-state index in [1.165, 1.54) is 0 Å². The molecule has 5 heteroatoms. The Labute approximate surface area is 105 Å². The first kappa shape index (κ1) is 12.4. The zero-order valence-electron chi connectivity index (χ0n) is 10.0. The molecule has 0 N–H and O–H groups in total. The summed E-state index contributed by atoms with van der Waals surface area (Å²) in [6, 6.07) is 6.92. The summed E-state index contributed by atoms with van der Waals surface area (Å²) in [5.74, 6) is -0.404. The lowest BCUT2D eigenvalue weighted by atomic mass is 10.2. The summed E-state index contributed by atoms with van der Waals surface area (Å²) in [5.41, 5.74) is 0.611. The fourth-order valence-corrected chi connectivity index (χ4v) is 1.54. The van der Waals surface area contributed by atoms with Crippen LogP contribution in [0, 0.1) is 0 Å². The molecule has 1 aliphatic rings. The van der Waals surface area contributed by atoms with E-state index in [4.69, 9.17) is 14.2 Å².